The number of phenolic OH excluding ortho intramolecular Hbond substituents is 2. The van der Waals surface area contributed by atoms with Gasteiger partial charge >= 0.3 is 0 Å². The molecular weight excluding hydrogens is 320 g/mol. The van der Waals surface area contributed by atoms with E-state index in [0.717, 1.165) is 11.1 Å². The Bertz CT molecular complexity index is 752. The van der Waals surface area contributed by atoms with Gasteiger partial charge in [0.05, 0.1) is 20.8 Å². The number of ether oxygens (including phenoxy) is 2. The van der Waals surface area contributed by atoms with Gasteiger partial charge < -0.3 is 24.8 Å². The van der Waals surface area contributed by atoms with E-state index in [2.05, 4.69) is 0 Å². The first-order valence-electron chi connectivity index (χ1n) is 8.04. The second-order valence-corrected chi connectivity index (χ2v) is 5.75. The van der Waals surface area contributed by atoms with Gasteiger partial charge in [-0.1, -0.05) is 18.2 Å². The van der Waals surface area contributed by atoms with E-state index >= 15 is 0 Å². The number of hydrogen-bond donors (Lipinski definition) is 3. The molecule has 1 unspecified atom stereocenters. The molecule has 3 N–H and O–H groups in total. The van der Waals surface area contributed by atoms with Crippen molar-refractivity contribution in [1.82, 2.24) is 0 Å². The third-order valence-electron chi connectivity index (χ3n) is 4.09. The SMILES string of the molecule is C/C=C/c1cc(OC)c(O)c(C(CO)Cc2ccc(O)c(OC)c2)c1. The maximum Gasteiger partial charge on any atom is 0.161 e. The lowest BCUT2D eigenvalue weighted by molar-refractivity contribution is 0.260. The van der Waals surface area contributed by atoms with Crippen LogP contribution in [0.15, 0.2) is 36.4 Å². The van der Waals surface area contributed by atoms with Crippen LogP contribution in [0.2, 0.25) is 0 Å². The van der Waals surface area contributed by atoms with Crippen molar-refractivity contribution in [2.24, 2.45) is 0 Å². The van der Waals surface area contributed by atoms with E-state index in [1.165, 1.54) is 14.2 Å². The number of hydrogen-bond acceptors (Lipinski definition) is 5. The van der Waals surface area contributed by atoms with Gasteiger partial charge in [-0.15, -0.1) is 0 Å². The molecule has 5 nitrogen and oxygen atoms in total. The number of aliphatic hydroxyl groups excluding tert-OH is 1. The number of aliphatic hydroxyl groups is 1. The fourth-order valence-electron chi connectivity index (χ4n) is 2.81. The number of phenols is 2. The molecule has 0 aliphatic carbocycles. The highest BCUT2D eigenvalue weighted by Gasteiger charge is 2.20. The largest absolute Gasteiger partial charge is 0.504 e. The second-order valence-electron chi connectivity index (χ2n) is 5.75. The van der Waals surface area contributed by atoms with Gasteiger partial charge in [0.15, 0.2) is 23.0 Å². The van der Waals surface area contributed by atoms with Crippen molar-refractivity contribution in [2.75, 3.05) is 20.8 Å². The Morgan fingerprint density at radius 3 is 2.36 bits per heavy atom. The zero-order valence-electron chi connectivity index (χ0n) is 14.7. The summed E-state index contributed by atoms with van der Waals surface area (Å²) < 4.78 is 10.4. The van der Waals surface area contributed by atoms with Crippen LogP contribution in [0.25, 0.3) is 6.08 Å². The third kappa shape index (κ3) is 4.25. The molecule has 25 heavy (non-hydrogen) atoms. The Kier molecular flexibility index (Phi) is 6.31. The molecule has 2 aromatic rings. The summed E-state index contributed by atoms with van der Waals surface area (Å²) in [7, 11) is 2.98. The molecule has 5 heteroatoms. The van der Waals surface area contributed by atoms with E-state index < -0.39 is 0 Å². The fraction of sp³-hybridized carbons (Fsp3) is 0.300. The Labute approximate surface area is 147 Å². The summed E-state index contributed by atoms with van der Waals surface area (Å²) in [6.07, 6.45) is 4.28. The van der Waals surface area contributed by atoms with Crippen LogP contribution in [0.5, 0.6) is 23.0 Å². The molecule has 0 heterocycles. The van der Waals surface area contributed by atoms with Crippen LogP contribution in [-0.2, 0) is 6.42 Å². The summed E-state index contributed by atoms with van der Waals surface area (Å²) in [6, 6.07) is 8.64. The van der Waals surface area contributed by atoms with Gasteiger partial charge in [0.2, 0.25) is 0 Å². The number of benzene rings is 2. The average Bonchev–Trinajstić information content (AvgIpc) is 2.62. The molecule has 0 aromatic heterocycles. The molecule has 1 atom stereocenters. The summed E-state index contributed by atoms with van der Waals surface area (Å²) in [5.74, 6) is 0.506. The molecule has 0 saturated heterocycles. The van der Waals surface area contributed by atoms with Crippen LogP contribution >= 0.6 is 0 Å². The first kappa shape index (κ1) is 18.7. The lowest BCUT2D eigenvalue weighted by Crippen LogP contribution is -2.09. The fourth-order valence-corrected chi connectivity index (χ4v) is 2.81. The standard InChI is InChI=1S/C20H24O5/c1-4-5-13-9-16(20(23)19(11-13)25-3)15(12-21)8-14-6-7-17(22)18(10-14)24-2/h4-7,9-11,15,21-23H,8,12H2,1-3H3/b5-4+. The van der Waals surface area contributed by atoms with Crippen LogP contribution in [0, 0.1) is 0 Å². The number of methoxy groups -OCH3 is 2. The topological polar surface area (TPSA) is 79.2 Å². The molecule has 0 fully saturated rings. The predicted molar refractivity (Wildman–Crippen MR) is 97.6 cm³/mol. The Morgan fingerprint density at radius 1 is 1.04 bits per heavy atom. The van der Waals surface area contributed by atoms with E-state index in [0.29, 0.717) is 23.5 Å². The van der Waals surface area contributed by atoms with Crippen LogP contribution in [0.3, 0.4) is 0 Å². The van der Waals surface area contributed by atoms with Crippen molar-refractivity contribution in [2.45, 2.75) is 19.3 Å². The zero-order valence-corrected chi connectivity index (χ0v) is 14.7. The van der Waals surface area contributed by atoms with Crippen molar-refractivity contribution in [3.05, 3.63) is 53.1 Å². The minimum atomic E-state index is -0.326. The molecule has 0 spiro atoms. The van der Waals surface area contributed by atoms with Gasteiger partial charge in [0, 0.05) is 11.5 Å². The van der Waals surface area contributed by atoms with Crippen LogP contribution < -0.4 is 9.47 Å². The first-order chi connectivity index (χ1) is 12.0. The summed E-state index contributed by atoms with van der Waals surface area (Å²) in [4.78, 5) is 0. The number of rotatable bonds is 7. The minimum Gasteiger partial charge on any atom is -0.504 e. The van der Waals surface area contributed by atoms with Gasteiger partial charge in [-0.2, -0.15) is 0 Å². The Hall–Kier alpha value is -2.66. The first-order valence-corrected chi connectivity index (χ1v) is 8.04. The molecule has 0 aliphatic heterocycles. The zero-order chi connectivity index (χ0) is 18.4. The van der Waals surface area contributed by atoms with Crippen LogP contribution in [0.1, 0.15) is 29.5 Å². The highest BCUT2D eigenvalue weighted by molar-refractivity contribution is 5.59. The summed E-state index contributed by atoms with van der Waals surface area (Å²) in [6.45, 7) is 1.77. The van der Waals surface area contributed by atoms with Crippen molar-refractivity contribution < 1.29 is 24.8 Å². The molecule has 134 valence electrons. The molecule has 0 radical (unpaired) electrons. The summed E-state index contributed by atoms with van der Waals surface area (Å²) in [5, 5.41) is 30.1. The molecule has 0 saturated carbocycles. The number of aromatic hydroxyl groups is 2. The maximum atomic E-state index is 10.5. The lowest BCUT2D eigenvalue weighted by atomic mass is 9.90. The van der Waals surface area contributed by atoms with Crippen molar-refractivity contribution in [3.63, 3.8) is 0 Å². The predicted octanol–water partition coefficient (Wildman–Crippen LogP) is 3.47. The summed E-state index contributed by atoms with van der Waals surface area (Å²) >= 11 is 0. The average molecular weight is 344 g/mol. The lowest BCUT2D eigenvalue weighted by Gasteiger charge is -2.19. The molecule has 2 aromatic carbocycles. The van der Waals surface area contributed by atoms with Crippen molar-refractivity contribution in [3.8, 4) is 23.0 Å². The molecule has 2 rings (SSSR count). The van der Waals surface area contributed by atoms with Crippen LogP contribution in [0.4, 0.5) is 0 Å². The maximum absolute atomic E-state index is 10.5. The van der Waals surface area contributed by atoms with Crippen LogP contribution in [-0.4, -0.2) is 36.1 Å². The monoisotopic (exact) mass is 344 g/mol. The minimum absolute atomic E-state index is 0.0283. The van der Waals surface area contributed by atoms with E-state index in [1.807, 2.05) is 25.1 Å². The quantitative estimate of drug-likeness (QED) is 0.717. The molecule has 0 aliphatic rings. The molecule has 0 amide bonds. The van der Waals surface area contributed by atoms with E-state index in [-0.39, 0.29) is 24.0 Å². The Balaban J connectivity index is 2.41. The normalized spacial score (nSPS) is 12.3. The van der Waals surface area contributed by atoms with Gasteiger partial charge in [0.1, 0.15) is 0 Å². The van der Waals surface area contributed by atoms with E-state index in [4.69, 9.17) is 9.47 Å². The van der Waals surface area contributed by atoms with Gasteiger partial charge in [-0.3, -0.25) is 0 Å². The highest BCUT2D eigenvalue weighted by atomic mass is 16.5. The smallest absolute Gasteiger partial charge is 0.161 e. The molecular formula is C20H24O5. The van der Waals surface area contributed by atoms with Crippen molar-refractivity contribution >= 4 is 6.08 Å². The molecule has 0 bridgehead atoms. The summed E-state index contributed by atoms with van der Waals surface area (Å²) in [5.41, 5.74) is 2.37. The van der Waals surface area contributed by atoms with Gasteiger partial charge in [0.25, 0.3) is 0 Å². The highest BCUT2D eigenvalue weighted by Crippen LogP contribution is 2.38. The van der Waals surface area contributed by atoms with Gasteiger partial charge in [-0.25, -0.2) is 0 Å². The second kappa shape index (κ2) is 8.44. The van der Waals surface area contributed by atoms with Gasteiger partial charge in [-0.05, 0) is 48.7 Å². The van der Waals surface area contributed by atoms with Crippen molar-refractivity contribution in [1.29, 1.82) is 0 Å². The van der Waals surface area contributed by atoms with E-state index in [1.54, 1.807) is 24.3 Å². The Morgan fingerprint density at radius 2 is 1.76 bits per heavy atom. The number of allylic oxidation sites excluding steroid dienone is 1. The third-order valence-corrected chi connectivity index (χ3v) is 4.09. The van der Waals surface area contributed by atoms with E-state index in [9.17, 15) is 15.3 Å².